The lowest BCUT2D eigenvalue weighted by Gasteiger charge is -2.10. The summed E-state index contributed by atoms with van der Waals surface area (Å²) in [7, 11) is -3.33. The van der Waals surface area contributed by atoms with E-state index >= 15 is 0 Å². The minimum atomic E-state index is -3.33. The molecule has 0 radical (unpaired) electrons. The first kappa shape index (κ1) is 17.8. The Morgan fingerprint density at radius 2 is 1.62 bits per heavy atom. The zero-order valence-corrected chi connectivity index (χ0v) is 15.0. The van der Waals surface area contributed by atoms with E-state index in [-0.39, 0.29) is 5.82 Å². The second-order valence-corrected chi connectivity index (χ2v) is 7.48. The molecule has 3 rings (SSSR count). The Kier molecular flexibility index (Phi) is 5.38. The van der Waals surface area contributed by atoms with Crippen LogP contribution in [0.2, 0.25) is 0 Å². The molecule has 0 aliphatic heterocycles. The van der Waals surface area contributed by atoms with Crippen molar-refractivity contribution in [2.75, 3.05) is 16.3 Å². The van der Waals surface area contributed by atoms with Crippen molar-refractivity contribution < 1.29 is 13.2 Å². The molecule has 0 saturated carbocycles. The molecule has 0 unspecified atom stereocenters. The Labute approximate surface area is 152 Å². The summed E-state index contributed by atoms with van der Waals surface area (Å²) in [6, 6.07) is 20.9. The van der Waals surface area contributed by atoms with Gasteiger partial charge in [0, 0.05) is 5.69 Å². The Morgan fingerprint density at radius 3 is 2.23 bits per heavy atom. The van der Waals surface area contributed by atoms with Crippen LogP contribution in [-0.2, 0) is 16.6 Å². The maximum atomic E-state index is 11.2. The van der Waals surface area contributed by atoms with Gasteiger partial charge in [0.05, 0.1) is 18.1 Å². The molecule has 0 bridgehead atoms. The van der Waals surface area contributed by atoms with Gasteiger partial charge in [-0.3, -0.25) is 4.72 Å². The molecule has 26 heavy (non-hydrogen) atoms. The number of anilines is 3. The summed E-state index contributed by atoms with van der Waals surface area (Å²) >= 11 is 0. The molecule has 1 aromatic heterocycles. The normalized spacial score (nSPS) is 11.0. The predicted molar refractivity (Wildman–Crippen MR) is 103 cm³/mol. The van der Waals surface area contributed by atoms with Crippen molar-refractivity contribution in [1.29, 1.82) is 0 Å². The molecule has 0 aliphatic rings. The largest absolute Gasteiger partial charge is 0.489 e. The summed E-state index contributed by atoms with van der Waals surface area (Å²) in [5, 5.41) is 3.20. The van der Waals surface area contributed by atoms with E-state index in [0.29, 0.717) is 6.61 Å². The number of hydrogen-bond donors (Lipinski definition) is 2. The highest BCUT2D eigenvalue weighted by molar-refractivity contribution is 7.92. The lowest BCUT2D eigenvalue weighted by atomic mass is 10.2. The molecule has 2 N–H and O–H groups in total. The van der Waals surface area contributed by atoms with Crippen LogP contribution in [0.1, 0.15) is 5.56 Å². The fourth-order valence-corrected chi connectivity index (χ4v) is 2.76. The molecule has 7 heteroatoms. The fraction of sp³-hybridized carbons (Fsp3) is 0.105. The first-order chi connectivity index (χ1) is 12.5. The number of rotatable bonds is 7. The van der Waals surface area contributed by atoms with Crippen LogP contribution in [0, 0.1) is 0 Å². The summed E-state index contributed by atoms with van der Waals surface area (Å²) in [5.74, 6) is 1.06. The second-order valence-electron chi connectivity index (χ2n) is 5.73. The average Bonchev–Trinajstić information content (AvgIpc) is 2.62. The van der Waals surface area contributed by atoms with Gasteiger partial charge in [0.1, 0.15) is 18.2 Å². The van der Waals surface area contributed by atoms with E-state index in [1.165, 1.54) is 0 Å². The Morgan fingerprint density at radius 1 is 0.923 bits per heavy atom. The number of pyridine rings is 1. The van der Waals surface area contributed by atoms with E-state index in [4.69, 9.17) is 4.74 Å². The zero-order chi connectivity index (χ0) is 18.4. The van der Waals surface area contributed by atoms with Gasteiger partial charge in [0.15, 0.2) is 0 Å². The Hall–Kier alpha value is -3.06. The van der Waals surface area contributed by atoms with E-state index in [9.17, 15) is 8.42 Å². The number of nitrogens with zero attached hydrogens (tertiary/aromatic N) is 1. The van der Waals surface area contributed by atoms with Crippen LogP contribution in [0.4, 0.5) is 17.2 Å². The second kappa shape index (κ2) is 7.88. The van der Waals surface area contributed by atoms with E-state index in [0.717, 1.165) is 28.9 Å². The van der Waals surface area contributed by atoms with Gasteiger partial charge < -0.3 is 10.1 Å². The van der Waals surface area contributed by atoms with Crippen molar-refractivity contribution in [3.05, 3.63) is 78.5 Å². The first-order valence-corrected chi connectivity index (χ1v) is 9.85. The molecule has 0 amide bonds. The van der Waals surface area contributed by atoms with Gasteiger partial charge in [0.2, 0.25) is 10.0 Å². The number of hydrogen-bond acceptors (Lipinski definition) is 5. The number of sulfonamides is 1. The van der Waals surface area contributed by atoms with Gasteiger partial charge in [-0.15, -0.1) is 0 Å². The number of ether oxygens (including phenoxy) is 1. The monoisotopic (exact) mass is 369 g/mol. The molecular weight excluding hydrogens is 350 g/mol. The Balaban J connectivity index is 1.57. The lowest BCUT2D eigenvalue weighted by Crippen LogP contribution is -2.10. The Bertz CT molecular complexity index is 942. The third kappa shape index (κ3) is 5.49. The third-order valence-corrected chi connectivity index (χ3v) is 4.02. The molecule has 0 saturated heterocycles. The smallest absolute Gasteiger partial charge is 0.230 e. The number of aromatic nitrogens is 1. The maximum absolute atomic E-state index is 11.2. The van der Waals surface area contributed by atoms with Gasteiger partial charge in [-0.2, -0.15) is 0 Å². The van der Waals surface area contributed by atoms with Crippen LogP contribution in [0.5, 0.6) is 5.75 Å². The molecule has 3 aromatic rings. The maximum Gasteiger partial charge on any atom is 0.230 e. The molecular formula is C19H19N3O3S. The first-order valence-electron chi connectivity index (χ1n) is 7.96. The summed E-state index contributed by atoms with van der Waals surface area (Å²) in [6.45, 7) is 0.520. The third-order valence-electron chi connectivity index (χ3n) is 3.44. The summed E-state index contributed by atoms with van der Waals surface area (Å²) in [5.41, 5.74) is 2.74. The number of nitrogens with one attached hydrogen (secondary N) is 2. The van der Waals surface area contributed by atoms with Crippen LogP contribution < -0.4 is 14.8 Å². The quantitative estimate of drug-likeness (QED) is 0.662. The fourth-order valence-electron chi connectivity index (χ4n) is 2.26. The van der Waals surface area contributed by atoms with Gasteiger partial charge in [-0.1, -0.05) is 30.3 Å². The van der Waals surface area contributed by atoms with Crippen molar-refractivity contribution in [2.24, 2.45) is 0 Å². The van der Waals surface area contributed by atoms with Gasteiger partial charge in [-0.05, 0) is 42.0 Å². The SMILES string of the molecule is CS(=O)(=O)Nc1ccc(Nc2ccc(OCc3ccccc3)cc2)cn1. The highest BCUT2D eigenvalue weighted by Crippen LogP contribution is 2.21. The van der Waals surface area contributed by atoms with Gasteiger partial charge in [-0.25, -0.2) is 13.4 Å². The molecule has 0 aliphatic carbocycles. The van der Waals surface area contributed by atoms with E-state index in [1.807, 2.05) is 54.6 Å². The molecule has 0 spiro atoms. The van der Waals surface area contributed by atoms with Crippen molar-refractivity contribution >= 4 is 27.2 Å². The van der Waals surface area contributed by atoms with Crippen LogP contribution in [-0.4, -0.2) is 19.7 Å². The predicted octanol–water partition coefficient (Wildman–Crippen LogP) is 3.78. The van der Waals surface area contributed by atoms with Crippen molar-refractivity contribution in [1.82, 2.24) is 4.98 Å². The van der Waals surface area contributed by atoms with Crippen molar-refractivity contribution in [3.63, 3.8) is 0 Å². The minimum Gasteiger partial charge on any atom is -0.489 e. The zero-order valence-electron chi connectivity index (χ0n) is 14.2. The average molecular weight is 369 g/mol. The molecule has 1 heterocycles. The highest BCUT2D eigenvalue weighted by Gasteiger charge is 2.03. The highest BCUT2D eigenvalue weighted by atomic mass is 32.2. The molecule has 6 nitrogen and oxygen atoms in total. The molecule has 134 valence electrons. The lowest BCUT2D eigenvalue weighted by molar-refractivity contribution is 0.306. The topological polar surface area (TPSA) is 80.3 Å². The summed E-state index contributed by atoms with van der Waals surface area (Å²) in [6.07, 6.45) is 2.65. The van der Waals surface area contributed by atoms with Crippen LogP contribution in [0.25, 0.3) is 0 Å². The van der Waals surface area contributed by atoms with Crippen molar-refractivity contribution in [3.8, 4) is 5.75 Å². The van der Waals surface area contributed by atoms with Crippen LogP contribution in [0.15, 0.2) is 72.9 Å². The minimum absolute atomic E-state index is 0.280. The molecule has 2 aromatic carbocycles. The van der Waals surface area contributed by atoms with E-state index < -0.39 is 10.0 Å². The van der Waals surface area contributed by atoms with Gasteiger partial charge in [0.25, 0.3) is 0 Å². The van der Waals surface area contributed by atoms with Gasteiger partial charge >= 0.3 is 0 Å². The number of benzene rings is 2. The van der Waals surface area contributed by atoms with E-state index in [2.05, 4.69) is 15.0 Å². The standard InChI is InChI=1S/C19H19N3O3S/c1-26(23,24)22-19-12-9-17(13-20-19)21-16-7-10-18(11-8-16)25-14-15-5-3-2-4-6-15/h2-13,21H,14H2,1H3,(H,20,22). The molecule has 0 atom stereocenters. The van der Waals surface area contributed by atoms with Crippen LogP contribution in [0.3, 0.4) is 0 Å². The molecule has 0 fully saturated rings. The van der Waals surface area contributed by atoms with Crippen LogP contribution >= 0.6 is 0 Å². The van der Waals surface area contributed by atoms with E-state index in [1.54, 1.807) is 18.3 Å². The summed E-state index contributed by atoms with van der Waals surface area (Å²) in [4.78, 5) is 4.06. The van der Waals surface area contributed by atoms with Crippen molar-refractivity contribution in [2.45, 2.75) is 6.61 Å². The summed E-state index contributed by atoms with van der Waals surface area (Å²) < 4.78 is 30.4.